The van der Waals surface area contributed by atoms with Gasteiger partial charge in [-0.25, -0.2) is 0 Å². The average molecular weight is 289 g/mol. The molecule has 0 heterocycles. The lowest BCUT2D eigenvalue weighted by molar-refractivity contribution is 0.225. The molecule has 0 fully saturated rings. The van der Waals surface area contributed by atoms with Crippen molar-refractivity contribution in [3.8, 4) is 18.9 Å². The van der Waals surface area contributed by atoms with Crippen molar-refractivity contribution in [3.05, 3.63) is 28.4 Å². The van der Waals surface area contributed by atoms with Gasteiger partial charge in [-0.15, -0.1) is 6.42 Å². The minimum atomic E-state index is 0.197. The van der Waals surface area contributed by atoms with Gasteiger partial charge in [-0.2, -0.15) is 4.85 Å². The molecule has 0 aromatic carbocycles. The van der Waals surface area contributed by atoms with Crippen LogP contribution in [0.25, 0.3) is 4.85 Å². The molecule has 0 aliphatic heterocycles. The molecule has 0 aliphatic carbocycles. The van der Waals surface area contributed by atoms with Crippen LogP contribution in [0.15, 0.2) is 23.5 Å². The van der Waals surface area contributed by atoms with E-state index in [1.54, 1.807) is 0 Å². The first kappa shape index (κ1) is 19.3. The fourth-order valence-corrected chi connectivity index (χ4v) is 1.77. The molecule has 0 aliphatic rings. The molecule has 2 atom stereocenters. The van der Waals surface area contributed by atoms with E-state index in [1.807, 2.05) is 19.1 Å². The lowest BCUT2D eigenvalue weighted by Gasteiger charge is -2.11. The summed E-state index contributed by atoms with van der Waals surface area (Å²) in [6.07, 6.45) is 12.3. The number of aliphatic hydroxyl groups is 1. The van der Waals surface area contributed by atoms with Gasteiger partial charge in [-0.05, 0) is 44.1 Å². The van der Waals surface area contributed by atoms with Crippen molar-refractivity contribution in [2.45, 2.75) is 53.0 Å². The van der Waals surface area contributed by atoms with Gasteiger partial charge in [-0.3, -0.25) is 5.32 Å². The number of nitrogens with zero attached hydrogens (tertiary/aromatic N) is 1. The van der Waals surface area contributed by atoms with Gasteiger partial charge in [0.25, 0.3) is 0 Å². The van der Waals surface area contributed by atoms with Crippen LogP contribution in [-0.2, 0) is 0 Å². The zero-order valence-electron chi connectivity index (χ0n) is 13.8. The third-order valence-corrected chi connectivity index (χ3v) is 3.22. The molecule has 3 heteroatoms. The summed E-state index contributed by atoms with van der Waals surface area (Å²) < 4.78 is 0. The van der Waals surface area contributed by atoms with E-state index >= 15 is 0 Å². The molecule has 3 nitrogen and oxygen atoms in total. The molecule has 0 saturated heterocycles. The predicted octanol–water partition coefficient (Wildman–Crippen LogP) is 3.78. The Hall–Kier alpha value is -1.71. The minimum absolute atomic E-state index is 0.197. The Balaban J connectivity index is 4.71. The summed E-state index contributed by atoms with van der Waals surface area (Å²) in [6.45, 7) is 14.0. The summed E-state index contributed by atoms with van der Waals surface area (Å²) in [6, 6.07) is 0.197. The number of aliphatic hydroxyl groups excluding tert-OH is 1. The van der Waals surface area contributed by atoms with Gasteiger partial charge in [0.1, 0.15) is 12.1 Å². The molecule has 0 amide bonds. The molecular weight excluding hydrogens is 260 g/mol. The van der Waals surface area contributed by atoms with E-state index in [9.17, 15) is 0 Å². The highest BCUT2D eigenvalue weighted by Crippen LogP contribution is 2.12. The number of hydrogen-bond acceptors (Lipinski definition) is 2. The van der Waals surface area contributed by atoms with Crippen molar-refractivity contribution in [2.75, 3.05) is 6.61 Å². The van der Waals surface area contributed by atoms with Crippen molar-refractivity contribution >= 4 is 0 Å². The second-order valence-corrected chi connectivity index (χ2v) is 5.98. The van der Waals surface area contributed by atoms with Crippen molar-refractivity contribution in [2.24, 2.45) is 11.8 Å². The quantitative estimate of drug-likeness (QED) is 0.500. The van der Waals surface area contributed by atoms with Gasteiger partial charge in [0.2, 0.25) is 0 Å². The van der Waals surface area contributed by atoms with Crippen LogP contribution in [0.5, 0.6) is 0 Å². The van der Waals surface area contributed by atoms with Gasteiger partial charge in [-0.1, -0.05) is 32.8 Å². The molecule has 0 aromatic rings. The highest BCUT2D eigenvalue weighted by Gasteiger charge is 2.16. The number of allylic oxidation sites excluding steroid dienone is 3. The maximum Gasteiger partial charge on any atom is 0.394 e. The van der Waals surface area contributed by atoms with Gasteiger partial charge in [0, 0.05) is 6.61 Å². The van der Waals surface area contributed by atoms with Crippen LogP contribution in [0.4, 0.5) is 0 Å². The van der Waals surface area contributed by atoms with E-state index in [1.165, 1.54) is 0 Å². The Kier molecular flexibility index (Phi) is 10.1. The van der Waals surface area contributed by atoms with Crippen LogP contribution in [-0.4, -0.2) is 17.8 Å². The van der Waals surface area contributed by atoms with Crippen molar-refractivity contribution in [1.29, 1.82) is 0 Å². The predicted molar refractivity (Wildman–Crippen MR) is 90.8 cm³/mol. The van der Waals surface area contributed by atoms with Crippen LogP contribution >= 0.6 is 0 Å². The Bertz CT molecular complexity index is 435. The molecule has 0 saturated carbocycles. The Morgan fingerprint density at radius 2 is 1.95 bits per heavy atom. The largest absolute Gasteiger partial charge is 0.396 e. The summed E-state index contributed by atoms with van der Waals surface area (Å²) in [4.78, 5) is 3.77. The van der Waals surface area contributed by atoms with Gasteiger partial charge >= 0.3 is 5.82 Å². The van der Waals surface area contributed by atoms with E-state index in [0.717, 1.165) is 19.3 Å². The van der Waals surface area contributed by atoms with Crippen LogP contribution in [0.1, 0.15) is 47.0 Å². The standard InChI is InChI=1S/C18H29N2O/c1-7-17(10-8-9-14(2)3)18(19-6)20-16(5)12-11-15(4)13-21/h1,6,8,10,14-16,20-21H,9,11-13H2,2-5H3/q+1. The molecule has 0 radical (unpaired) electrons. The smallest absolute Gasteiger partial charge is 0.394 e. The fourth-order valence-electron chi connectivity index (χ4n) is 1.77. The Labute approximate surface area is 130 Å². The van der Waals surface area contributed by atoms with Gasteiger partial charge in [0.15, 0.2) is 0 Å². The maximum absolute atomic E-state index is 9.04. The molecule has 2 N–H and O–H groups in total. The summed E-state index contributed by atoms with van der Waals surface area (Å²) in [5.41, 5.74) is 0.667. The third kappa shape index (κ3) is 8.95. The Morgan fingerprint density at radius 1 is 1.29 bits per heavy atom. The molecular formula is C18H29N2O+. The van der Waals surface area contributed by atoms with Crippen molar-refractivity contribution in [1.82, 2.24) is 5.32 Å². The SMILES string of the molecule is C#CC(C=CCC(C)C)=C([N+]#C)NC(C)CCC(C)CO. The van der Waals surface area contributed by atoms with Crippen LogP contribution in [0.2, 0.25) is 0 Å². The highest BCUT2D eigenvalue weighted by molar-refractivity contribution is 5.42. The lowest BCUT2D eigenvalue weighted by Crippen LogP contribution is -2.25. The first-order chi connectivity index (χ1) is 9.94. The second kappa shape index (κ2) is 11.0. The van der Waals surface area contributed by atoms with E-state index in [0.29, 0.717) is 23.2 Å². The summed E-state index contributed by atoms with van der Waals surface area (Å²) in [5.74, 6) is 4.06. The average Bonchev–Trinajstić information content (AvgIpc) is 2.46. The van der Waals surface area contributed by atoms with Crippen LogP contribution in [0.3, 0.4) is 0 Å². The number of hydrogen-bond donors (Lipinski definition) is 2. The summed E-state index contributed by atoms with van der Waals surface area (Å²) in [7, 11) is 0. The maximum atomic E-state index is 9.04. The highest BCUT2D eigenvalue weighted by atomic mass is 16.3. The molecule has 116 valence electrons. The van der Waals surface area contributed by atoms with Crippen molar-refractivity contribution in [3.63, 3.8) is 0 Å². The van der Waals surface area contributed by atoms with E-state index in [2.05, 4.69) is 36.9 Å². The van der Waals surface area contributed by atoms with E-state index in [4.69, 9.17) is 18.1 Å². The normalized spacial score (nSPS) is 15.2. The van der Waals surface area contributed by atoms with Crippen molar-refractivity contribution < 1.29 is 5.11 Å². The topological polar surface area (TPSA) is 36.6 Å². The monoisotopic (exact) mass is 289 g/mol. The second-order valence-electron chi connectivity index (χ2n) is 5.98. The van der Waals surface area contributed by atoms with Gasteiger partial charge in [0.05, 0.1) is 6.04 Å². The van der Waals surface area contributed by atoms with Gasteiger partial charge < -0.3 is 5.11 Å². The molecule has 21 heavy (non-hydrogen) atoms. The lowest BCUT2D eigenvalue weighted by atomic mass is 10.0. The zero-order valence-corrected chi connectivity index (χ0v) is 13.8. The minimum Gasteiger partial charge on any atom is -0.396 e. The van der Waals surface area contributed by atoms with E-state index in [-0.39, 0.29) is 12.6 Å². The number of rotatable bonds is 9. The molecule has 0 aromatic heterocycles. The first-order valence-electron chi connectivity index (χ1n) is 7.60. The molecule has 0 bridgehead atoms. The van der Waals surface area contributed by atoms with Crippen LogP contribution in [0, 0.1) is 30.8 Å². The summed E-state index contributed by atoms with van der Waals surface area (Å²) in [5, 5.41) is 12.3. The molecule has 2 unspecified atom stereocenters. The Morgan fingerprint density at radius 3 is 2.43 bits per heavy atom. The fraction of sp³-hybridized carbons (Fsp3) is 0.611. The van der Waals surface area contributed by atoms with Crippen LogP contribution < -0.4 is 5.32 Å². The zero-order chi connectivity index (χ0) is 16.3. The first-order valence-corrected chi connectivity index (χ1v) is 7.60. The van der Waals surface area contributed by atoms with E-state index < -0.39 is 0 Å². The molecule has 0 rings (SSSR count). The third-order valence-electron chi connectivity index (χ3n) is 3.22. The number of terminal acetylenes is 1. The number of nitrogens with one attached hydrogen (secondary N) is 1. The molecule has 0 spiro atoms. The summed E-state index contributed by atoms with van der Waals surface area (Å²) >= 11 is 0.